The van der Waals surface area contributed by atoms with Crippen LogP contribution in [0, 0.1) is 0 Å². The van der Waals surface area contributed by atoms with E-state index in [4.69, 9.17) is 4.74 Å². The monoisotopic (exact) mass is 420 g/mol. The summed E-state index contributed by atoms with van der Waals surface area (Å²) in [6, 6.07) is 13.7. The highest BCUT2D eigenvalue weighted by molar-refractivity contribution is 5.89. The molecule has 0 aromatic heterocycles. The third kappa shape index (κ3) is 4.76. The summed E-state index contributed by atoms with van der Waals surface area (Å²) >= 11 is 0. The lowest BCUT2D eigenvalue weighted by molar-refractivity contribution is -0.136. The molecule has 4 aliphatic rings. The maximum atomic E-state index is 11.9. The minimum atomic E-state index is -4.17. The van der Waals surface area contributed by atoms with Crippen LogP contribution in [0.5, 0.6) is 0 Å². The van der Waals surface area contributed by atoms with E-state index < -0.39 is 11.7 Å². The van der Waals surface area contributed by atoms with Gasteiger partial charge in [-0.2, -0.15) is 13.2 Å². The van der Waals surface area contributed by atoms with Crippen molar-refractivity contribution in [1.82, 2.24) is 4.90 Å². The molecule has 160 valence electrons. The van der Waals surface area contributed by atoms with Gasteiger partial charge in [0.25, 0.3) is 0 Å². The number of aliphatic hydroxyl groups is 1. The number of amides is 1. The number of hydrogen-bond acceptors (Lipinski definition) is 4. The number of halogens is 3. The van der Waals surface area contributed by atoms with Crippen molar-refractivity contribution in [2.24, 2.45) is 0 Å². The summed E-state index contributed by atoms with van der Waals surface area (Å²) in [7, 11) is 0. The quantitative estimate of drug-likeness (QED) is 0.692. The zero-order valence-electron chi connectivity index (χ0n) is 16.3. The Kier molecular flexibility index (Phi) is 5.71. The summed E-state index contributed by atoms with van der Waals surface area (Å²) in [5.74, 6) is 0. The molecular formula is C22H23F3N2O3. The fourth-order valence-corrected chi connectivity index (χ4v) is 3.83. The first-order valence-corrected chi connectivity index (χ1v) is 9.96. The summed E-state index contributed by atoms with van der Waals surface area (Å²) in [5, 5.41) is 9.50. The standard InChI is InChI=1S/C15H20N2O3.C7H3F3/c18-13-6-8-16(9-7-13)10-14-11-17(15(19)20-14)12-4-2-1-3-5-12;8-7(9,10)6-2-1-4-3-5(4)6/h1-5,13-14,18H,6-11H2;1-3H. The predicted molar refractivity (Wildman–Crippen MR) is 106 cm³/mol. The second-order valence-electron chi connectivity index (χ2n) is 7.74. The van der Waals surface area contributed by atoms with E-state index in [1.807, 2.05) is 30.3 Å². The molecule has 1 aromatic carbocycles. The van der Waals surface area contributed by atoms with Crippen molar-refractivity contribution in [1.29, 1.82) is 0 Å². The molecule has 30 heavy (non-hydrogen) atoms. The van der Waals surface area contributed by atoms with Crippen molar-refractivity contribution >= 4 is 11.8 Å². The highest BCUT2D eigenvalue weighted by Crippen LogP contribution is 2.45. The van der Waals surface area contributed by atoms with Crippen molar-refractivity contribution in [3.05, 3.63) is 54.1 Å². The number of nitrogens with zero attached hydrogens (tertiary/aromatic N) is 2. The summed E-state index contributed by atoms with van der Waals surface area (Å²) < 4.78 is 41.1. The second-order valence-corrected chi connectivity index (χ2v) is 7.74. The Bertz CT molecular complexity index is 896. The van der Waals surface area contributed by atoms with Gasteiger partial charge in [0.05, 0.1) is 18.2 Å². The van der Waals surface area contributed by atoms with E-state index in [1.165, 1.54) is 12.1 Å². The van der Waals surface area contributed by atoms with Gasteiger partial charge in [-0.25, -0.2) is 4.79 Å². The van der Waals surface area contributed by atoms with Crippen LogP contribution < -0.4 is 4.90 Å². The Balaban J connectivity index is 0.000000181. The molecule has 0 radical (unpaired) electrons. The van der Waals surface area contributed by atoms with Gasteiger partial charge in [-0.05, 0) is 48.2 Å². The van der Waals surface area contributed by atoms with Crippen molar-refractivity contribution in [2.45, 2.75) is 31.2 Å². The van der Waals surface area contributed by atoms with Crippen molar-refractivity contribution in [2.75, 3.05) is 31.1 Å². The molecule has 0 saturated carbocycles. The minimum absolute atomic E-state index is 0.0852. The zero-order chi connectivity index (χ0) is 21.3. The second kappa shape index (κ2) is 8.28. The Morgan fingerprint density at radius 3 is 2.30 bits per heavy atom. The number of carbonyl (C=O) groups excluding carboxylic acids is 1. The zero-order valence-corrected chi connectivity index (χ0v) is 16.3. The van der Waals surface area contributed by atoms with Crippen molar-refractivity contribution < 1.29 is 27.8 Å². The number of likely N-dealkylation sites (tertiary alicyclic amines) is 1. The van der Waals surface area contributed by atoms with Gasteiger partial charge in [-0.1, -0.05) is 24.3 Å². The number of carbonyl (C=O) groups is 1. The van der Waals surface area contributed by atoms with Crippen LogP contribution in [0.1, 0.15) is 18.4 Å². The van der Waals surface area contributed by atoms with Crippen molar-refractivity contribution in [3.8, 4) is 11.1 Å². The first-order chi connectivity index (χ1) is 14.3. The lowest BCUT2D eigenvalue weighted by Crippen LogP contribution is -2.41. The van der Waals surface area contributed by atoms with Gasteiger partial charge in [-0.3, -0.25) is 9.80 Å². The van der Waals surface area contributed by atoms with E-state index in [1.54, 1.807) is 4.90 Å². The minimum Gasteiger partial charge on any atom is -0.443 e. The number of rotatable bonds is 3. The van der Waals surface area contributed by atoms with E-state index in [2.05, 4.69) is 4.90 Å². The average Bonchev–Trinajstić information content (AvgIpc) is 3.18. The largest absolute Gasteiger partial charge is 0.443 e. The van der Waals surface area contributed by atoms with E-state index in [9.17, 15) is 23.1 Å². The van der Waals surface area contributed by atoms with Crippen LogP contribution in [0.15, 0.2) is 48.5 Å². The van der Waals surface area contributed by atoms with Crippen molar-refractivity contribution in [3.63, 3.8) is 0 Å². The van der Waals surface area contributed by atoms with E-state index in [0.717, 1.165) is 49.8 Å². The van der Waals surface area contributed by atoms with Gasteiger partial charge < -0.3 is 9.84 Å². The molecule has 5 rings (SSSR count). The molecule has 2 fully saturated rings. The number of anilines is 1. The van der Waals surface area contributed by atoms with Crippen LogP contribution in [0.3, 0.4) is 0 Å². The van der Waals surface area contributed by atoms with Gasteiger partial charge in [0.1, 0.15) is 6.10 Å². The number of fused-ring (bicyclic) bond motifs is 1. The maximum absolute atomic E-state index is 11.9. The molecule has 1 amide bonds. The molecule has 5 nitrogen and oxygen atoms in total. The number of hydrogen-bond donors (Lipinski definition) is 1. The Morgan fingerprint density at radius 1 is 1.07 bits per heavy atom. The van der Waals surface area contributed by atoms with Crippen LogP contribution in [-0.2, 0) is 10.9 Å². The SMILES string of the molecule is FC(F)(F)c1ccc2cc1-2.O=C1OC(CN2CCC(O)CC2)CN1c1ccccc1. The summed E-state index contributed by atoms with van der Waals surface area (Å²) in [4.78, 5) is 15.9. The first-order valence-electron chi connectivity index (χ1n) is 9.96. The molecule has 1 unspecified atom stereocenters. The number of benzene rings is 2. The fourth-order valence-electron chi connectivity index (χ4n) is 3.83. The molecule has 8 heteroatoms. The van der Waals surface area contributed by atoms with Crippen LogP contribution in [0.2, 0.25) is 0 Å². The molecule has 1 aromatic rings. The normalized spacial score (nSPS) is 21.1. The van der Waals surface area contributed by atoms with E-state index in [-0.39, 0.29) is 18.3 Å². The lowest BCUT2D eigenvalue weighted by atomic mass is 10.1. The highest BCUT2D eigenvalue weighted by atomic mass is 19.4. The van der Waals surface area contributed by atoms with Crippen LogP contribution in [0.4, 0.5) is 23.7 Å². The Labute approximate surface area is 172 Å². The number of aliphatic hydroxyl groups excluding tert-OH is 1. The van der Waals surface area contributed by atoms with Gasteiger partial charge >= 0.3 is 12.3 Å². The van der Waals surface area contributed by atoms with Gasteiger partial charge in [-0.15, -0.1) is 0 Å². The molecule has 0 bridgehead atoms. The fraction of sp³-hybridized carbons (Fsp3) is 0.409. The molecular weight excluding hydrogens is 397 g/mol. The molecule has 1 N–H and O–H groups in total. The lowest BCUT2D eigenvalue weighted by Gasteiger charge is -2.30. The third-order valence-corrected chi connectivity index (χ3v) is 5.51. The summed E-state index contributed by atoms with van der Waals surface area (Å²) in [5.41, 5.74) is 1.48. The number of para-hydroxylation sites is 1. The Morgan fingerprint density at radius 2 is 1.77 bits per heavy atom. The van der Waals surface area contributed by atoms with Crippen LogP contribution in [0.25, 0.3) is 11.1 Å². The average molecular weight is 420 g/mol. The molecule has 0 spiro atoms. The number of piperidine rings is 1. The Hall–Kier alpha value is -2.58. The molecule has 2 aliphatic carbocycles. The number of alkyl halides is 3. The summed E-state index contributed by atoms with van der Waals surface area (Å²) in [6.45, 7) is 3.10. The molecule has 1 atom stereocenters. The molecule has 2 aliphatic heterocycles. The maximum Gasteiger partial charge on any atom is 0.417 e. The highest BCUT2D eigenvalue weighted by Gasteiger charge is 2.37. The van der Waals surface area contributed by atoms with Crippen LogP contribution in [-0.4, -0.2) is 54.5 Å². The third-order valence-electron chi connectivity index (χ3n) is 5.51. The summed E-state index contributed by atoms with van der Waals surface area (Å²) in [6.07, 6.45) is -3.07. The number of cyclic esters (lactones) is 1. The van der Waals surface area contributed by atoms with Gasteiger partial charge in [0.15, 0.2) is 0 Å². The van der Waals surface area contributed by atoms with E-state index >= 15 is 0 Å². The number of ether oxygens (including phenoxy) is 1. The first kappa shape index (κ1) is 20.7. The topological polar surface area (TPSA) is 53.0 Å². The molecule has 2 saturated heterocycles. The van der Waals surface area contributed by atoms with Gasteiger partial charge in [0, 0.05) is 25.3 Å². The molecule has 2 heterocycles. The van der Waals surface area contributed by atoms with Gasteiger partial charge in [0.2, 0.25) is 0 Å². The van der Waals surface area contributed by atoms with E-state index in [0.29, 0.717) is 12.1 Å². The van der Waals surface area contributed by atoms with Crippen LogP contribution >= 0.6 is 0 Å². The smallest absolute Gasteiger partial charge is 0.417 e. The predicted octanol–water partition coefficient (Wildman–Crippen LogP) is 4.15.